The van der Waals surface area contributed by atoms with Gasteiger partial charge in [-0.15, -0.1) is 0 Å². The SMILES string of the molecule is c1ccc(-c2ccc(-c3ccc(C4CCCOC4)cc3)cc2)cc1. The standard InChI is InChI=1S/C23H22O/c1-2-5-18(6-3-1)19-8-10-20(11-9-19)21-12-14-22(15-13-21)23-7-4-16-24-17-23/h1-3,5-6,8-15,23H,4,7,16-17H2. The van der Waals surface area contributed by atoms with Crippen LogP contribution in [-0.4, -0.2) is 13.2 Å². The fraction of sp³-hybridized carbons (Fsp3) is 0.217. The highest BCUT2D eigenvalue weighted by Crippen LogP contribution is 2.29. The predicted molar refractivity (Wildman–Crippen MR) is 100 cm³/mol. The van der Waals surface area contributed by atoms with Gasteiger partial charge >= 0.3 is 0 Å². The van der Waals surface area contributed by atoms with Crippen molar-refractivity contribution >= 4 is 0 Å². The molecule has 3 aromatic carbocycles. The topological polar surface area (TPSA) is 9.23 Å². The molecule has 1 unspecified atom stereocenters. The Kier molecular flexibility index (Phi) is 4.44. The highest BCUT2D eigenvalue weighted by Gasteiger charge is 2.15. The summed E-state index contributed by atoms with van der Waals surface area (Å²) in [5, 5.41) is 0. The first-order chi connectivity index (χ1) is 11.9. The zero-order valence-electron chi connectivity index (χ0n) is 13.8. The van der Waals surface area contributed by atoms with Crippen molar-refractivity contribution in [1.82, 2.24) is 0 Å². The number of rotatable bonds is 3. The van der Waals surface area contributed by atoms with Crippen molar-refractivity contribution in [3.05, 3.63) is 84.4 Å². The van der Waals surface area contributed by atoms with Gasteiger partial charge in [-0.05, 0) is 40.7 Å². The Morgan fingerprint density at radius 2 is 1.17 bits per heavy atom. The van der Waals surface area contributed by atoms with E-state index in [1.807, 2.05) is 0 Å². The lowest BCUT2D eigenvalue weighted by Gasteiger charge is -2.22. The van der Waals surface area contributed by atoms with Gasteiger partial charge in [0.15, 0.2) is 0 Å². The second-order valence-electron chi connectivity index (χ2n) is 6.48. The molecule has 120 valence electrons. The highest BCUT2D eigenvalue weighted by molar-refractivity contribution is 5.70. The molecule has 0 spiro atoms. The molecule has 1 fully saturated rings. The van der Waals surface area contributed by atoms with Crippen LogP contribution in [0.2, 0.25) is 0 Å². The van der Waals surface area contributed by atoms with Gasteiger partial charge in [-0.2, -0.15) is 0 Å². The van der Waals surface area contributed by atoms with Gasteiger partial charge in [0, 0.05) is 12.5 Å². The molecule has 0 radical (unpaired) electrons. The Bertz CT molecular complexity index is 767. The summed E-state index contributed by atoms with van der Waals surface area (Å²) in [6.45, 7) is 1.79. The highest BCUT2D eigenvalue weighted by atomic mass is 16.5. The smallest absolute Gasteiger partial charge is 0.0534 e. The van der Waals surface area contributed by atoms with Crippen LogP contribution in [0.1, 0.15) is 24.3 Å². The van der Waals surface area contributed by atoms with Crippen LogP contribution in [0, 0.1) is 0 Å². The maximum absolute atomic E-state index is 5.61. The number of ether oxygens (including phenoxy) is 1. The van der Waals surface area contributed by atoms with E-state index in [-0.39, 0.29) is 0 Å². The summed E-state index contributed by atoms with van der Waals surface area (Å²) >= 11 is 0. The molecule has 4 rings (SSSR count). The molecule has 1 heterocycles. The Morgan fingerprint density at radius 1 is 0.625 bits per heavy atom. The third-order valence-corrected chi connectivity index (χ3v) is 4.87. The third-order valence-electron chi connectivity index (χ3n) is 4.87. The maximum atomic E-state index is 5.61. The van der Waals surface area contributed by atoms with Crippen LogP contribution in [0.15, 0.2) is 78.9 Å². The molecular formula is C23H22O. The van der Waals surface area contributed by atoms with Crippen LogP contribution >= 0.6 is 0 Å². The molecule has 0 N–H and O–H groups in total. The summed E-state index contributed by atoms with van der Waals surface area (Å²) in [7, 11) is 0. The summed E-state index contributed by atoms with van der Waals surface area (Å²) < 4.78 is 5.61. The zero-order chi connectivity index (χ0) is 16.2. The molecule has 0 aromatic heterocycles. The van der Waals surface area contributed by atoms with E-state index in [1.54, 1.807) is 0 Å². The van der Waals surface area contributed by atoms with Crippen LogP contribution < -0.4 is 0 Å². The van der Waals surface area contributed by atoms with Gasteiger partial charge in [-0.25, -0.2) is 0 Å². The van der Waals surface area contributed by atoms with E-state index in [0.717, 1.165) is 13.2 Å². The Labute approximate surface area is 143 Å². The van der Waals surface area contributed by atoms with E-state index in [1.165, 1.54) is 40.7 Å². The van der Waals surface area contributed by atoms with Crippen LogP contribution in [0.5, 0.6) is 0 Å². The fourth-order valence-electron chi connectivity index (χ4n) is 3.44. The van der Waals surface area contributed by atoms with Gasteiger partial charge in [0.25, 0.3) is 0 Å². The average molecular weight is 314 g/mol. The predicted octanol–water partition coefficient (Wildman–Crippen LogP) is 5.91. The van der Waals surface area contributed by atoms with Gasteiger partial charge in [0.05, 0.1) is 6.61 Å². The minimum Gasteiger partial charge on any atom is -0.381 e. The summed E-state index contributed by atoms with van der Waals surface area (Å²) in [6.07, 6.45) is 2.42. The van der Waals surface area contributed by atoms with Gasteiger partial charge in [0.1, 0.15) is 0 Å². The minimum absolute atomic E-state index is 0.563. The van der Waals surface area contributed by atoms with E-state index in [9.17, 15) is 0 Å². The summed E-state index contributed by atoms with van der Waals surface area (Å²) in [5.74, 6) is 0.563. The number of hydrogen-bond acceptors (Lipinski definition) is 1. The molecule has 1 nitrogen and oxygen atoms in total. The summed E-state index contributed by atoms with van der Waals surface area (Å²) in [4.78, 5) is 0. The van der Waals surface area contributed by atoms with E-state index >= 15 is 0 Å². The molecule has 1 saturated heterocycles. The first kappa shape index (κ1) is 15.2. The van der Waals surface area contributed by atoms with Crippen molar-refractivity contribution in [2.75, 3.05) is 13.2 Å². The van der Waals surface area contributed by atoms with Crippen molar-refractivity contribution in [3.63, 3.8) is 0 Å². The van der Waals surface area contributed by atoms with Crippen molar-refractivity contribution in [2.45, 2.75) is 18.8 Å². The first-order valence-electron chi connectivity index (χ1n) is 8.74. The summed E-state index contributed by atoms with van der Waals surface area (Å²) in [6, 6.07) is 28.3. The van der Waals surface area contributed by atoms with Crippen LogP contribution in [0.4, 0.5) is 0 Å². The largest absolute Gasteiger partial charge is 0.381 e. The van der Waals surface area contributed by atoms with E-state index in [4.69, 9.17) is 4.74 Å². The lowest BCUT2D eigenvalue weighted by Crippen LogP contribution is -2.15. The van der Waals surface area contributed by atoms with Gasteiger partial charge < -0.3 is 4.74 Å². The van der Waals surface area contributed by atoms with Crippen molar-refractivity contribution < 1.29 is 4.74 Å². The molecule has 1 atom stereocenters. The lowest BCUT2D eigenvalue weighted by molar-refractivity contribution is 0.0804. The van der Waals surface area contributed by atoms with E-state index < -0.39 is 0 Å². The molecule has 0 amide bonds. The maximum Gasteiger partial charge on any atom is 0.0534 e. The molecule has 1 aliphatic rings. The molecule has 0 saturated carbocycles. The molecule has 0 bridgehead atoms. The Balaban J connectivity index is 1.53. The molecule has 24 heavy (non-hydrogen) atoms. The van der Waals surface area contributed by atoms with Gasteiger partial charge in [-0.3, -0.25) is 0 Å². The molecule has 0 aliphatic carbocycles. The van der Waals surface area contributed by atoms with Crippen molar-refractivity contribution in [2.24, 2.45) is 0 Å². The van der Waals surface area contributed by atoms with E-state index in [2.05, 4.69) is 78.9 Å². The molecular weight excluding hydrogens is 292 g/mol. The van der Waals surface area contributed by atoms with Gasteiger partial charge in [0.2, 0.25) is 0 Å². The Morgan fingerprint density at radius 3 is 1.71 bits per heavy atom. The number of hydrogen-bond donors (Lipinski definition) is 0. The van der Waals surface area contributed by atoms with Crippen molar-refractivity contribution in [1.29, 1.82) is 0 Å². The second-order valence-corrected chi connectivity index (χ2v) is 6.48. The van der Waals surface area contributed by atoms with Crippen LogP contribution in [-0.2, 0) is 4.74 Å². The summed E-state index contributed by atoms with van der Waals surface area (Å²) in [5.41, 5.74) is 6.46. The van der Waals surface area contributed by atoms with Gasteiger partial charge in [-0.1, -0.05) is 78.9 Å². The Hall–Kier alpha value is -2.38. The van der Waals surface area contributed by atoms with Crippen LogP contribution in [0.3, 0.4) is 0 Å². The van der Waals surface area contributed by atoms with E-state index in [0.29, 0.717) is 5.92 Å². The average Bonchev–Trinajstić information content (AvgIpc) is 2.70. The van der Waals surface area contributed by atoms with Crippen molar-refractivity contribution in [3.8, 4) is 22.3 Å². The third kappa shape index (κ3) is 3.27. The quantitative estimate of drug-likeness (QED) is 0.583. The molecule has 3 aromatic rings. The monoisotopic (exact) mass is 314 g/mol. The zero-order valence-corrected chi connectivity index (χ0v) is 13.8. The number of benzene rings is 3. The lowest BCUT2D eigenvalue weighted by atomic mass is 9.92. The second kappa shape index (κ2) is 7.02. The normalized spacial score (nSPS) is 17.6. The van der Waals surface area contributed by atoms with Crippen LogP contribution in [0.25, 0.3) is 22.3 Å². The fourth-order valence-corrected chi connectivity index (χ4v) is 3.44. The molecule has 1 aliphatic heterocycles. The minimum atomic E-state index is 0.563. The molecule has 1 heteroatoms. The first-order valence-corrected chi connectivity index (χ1v) is 8.74.